The minimum atomic E-state index is 1.21. The van der Waals surface area contributed by atoms with Crippen LogP contribution in [0.5, 0.6) is 0 Å². The van der Waals surface area contributed by atoms with E-state index in [4.69, 9.17) is 0 Å². The lowest BCUT2D eigenvalue weighted by Crippen LogP contribution is -1.94. The Hall–Kier alpha value is -7.02. The predicted molar refractivity (Wildman–Crippen MR) is 233 cm³/mol. The normalized spacial score (nSPS) is 11.7. The van der Waals surface area contributed by atoms with Crippen molar-refractivity contribution in [2.75, 3.05) is 0 Å². The van der Waals surface area contributed by atoms with E-state index in [1.165, 1.54) is 109 Å². The summed E-state index contributed by atoms with van der Waals surface area (Å²) in [5.41, 5.74) is 9.96. The van der Waals surface area contributed by atoms with E-state index in [9.17, 15) is 0 Å². The number of benzene rings is 11. The zero-order chi connectivity index (χ0) is 35.6. The molecule has 0 fully saturated rings. The third-order valence-electron chi connectivity index (χ3n) is 11.4. The molecular formula is C54H34. The second kappa shape index (κ2) is 12.3. The van der Waals surface area contributed by atoms with E-state index >= 15 is 0 Å². The van der Waals surface area contributed by atoms with E-state index in [1.54, 1.807) is 0 Å². The summed E-state index contributed by atoms with van der Waals surface area (Å²) in [5.74, 6) is 0. The molecule has 0 aliphatic rings. The molecule has 0 heteroatoms. The van der Waals surface area contributed by atoms with Gasteiger partial charge < -0.3 is 0 Å². The van der Waals surface area contributed by atoms with Gasteiger partial charge in [-0.3, -0.25) is 0 Å². The number of hydrogen-bond acceptors (Lipinski definition) is 0. The summed E-state index contributed by atoms with van der Waals surface area (Å²) in [4.78, 5) is 0. The molecule has 0 bridgehead atoms. The fourth-order valence-corrected chi connectivity index (χ4v) is 8.96. The summed E-state index contributed by atoms with van der Waals surface area (Å²) < 4.78 is 0. The zero-order valence-corrected chi connectivity index (χ0v) is 29.6. The molecule has 0 heterocycles. The molecule has 0 spiro atoms. The van der Waals surface area contributed by atoms with Crippen LogP contribution in [-0.2, 0) is 0 Å². The van der Waals surface area contributed by atoms with Gasteiger partial charge in [0, 0.05) is 0 Å². The van der Waals surface area contributed by atoms with E-state index in [0.29, 0.717) is 0 Å². The van der Waals surface area contributed by atoms with Crippen LogP contribution in [0.3, 0.4) is 0 Å². The van der Waals surface area contributed by atoms with Crippen LogP contribution in [0.2, 0.25) is 0 Å². The van der Waals surface area contributed by atoms with Crippen molar-refractivity contribution in [3.63, 3.8) is 0 Å². The predicted octanol–water partition coefficient (Wildman–Crippen LogP) is 15.3. The molecule has 0 nitrogen and oxygen atoms in total. The van der Waals surface area contributed by atoms with Gasteiger partial charge >= 0.3 is 0 Å². The molecule has 0 radical (unpaired) electrons. The van der Waals surface area contributed by atoms with Crippen molar-refractivity contribution in [3.05, 3.63) is 206 Å². The van der Waals surface area contributed by atoms with Crippen molar-refractivity contribution in [3.8, 4) is 44.5 Å². The lowest BCUT2D eigenvalue weighted by molar-refractivity contribution is 1.63. The first-order chi connectivity index (χ1) is 26.8. The third-order valence-corrected chi connectivity index (χ3v) is 11.4. The average Bonchev–Trinajstić information content (AvgIpc) is 3.25. The summed E-state index contributed by atoms with van der Waals surface area (Å²) >= 11 is 0. The van der Waals surface area contributed by atoms with Crippen molar-refractivity contribution in [1.82, 2.24) is 0 Å². The fraction of sp³-hybridized carbons (Fsp3) is 0. The zero-order valence-electron chi connectivity index (χ0n) is 29.6. The maximum atomic E-state index is 2.44. The van der Waals surface area contributed by atoms with Crippen LogP contribution in [0, 0.1) is 0 Å². The standard InChI is InChI=1S/C54H34/c1-2-16-37-32-38(29-28-35(37)14-1)39-30-31-50-52(33-39)54(46-27-13-18-36-15-3-5-19-41(36)46)49-26-12-11-25-48(49)53(50)47-24-10-9-23-45(47)51-34-40-17-4-6-20-42(40)43-21-7-8-22-44(43)51/h1-34H. The van der Waals surface area contributed by atoms with Gasteiger partial charge in [-0.2, -0.15) is 0 Å². The first-order valence-electron chi connectivity index (χ1n) is 18.8. The summed E-state index contributed by atoms with van der Waals surface area (Å²) in [6.45, 7) is 0. The van der Waals surface area contributed by atoms with Gasteiger partial charge in [0.1, 0.15) is 0 Å². The summed E-state index contributed by atoms with van der Waals surface area (Å²) in [6, 6.07) is 76.3. The second-order valence-corrected chi connectivity index (χ2v) is 14.4. The SMILES string of the molecule is c1ccc(-c2cc3ccccc3c3ccccc23)c(-c2c3ccccc3c(-c3cccc4ccccc34)c3cc(-c4ccc5ccccc5c4)ccc23)c1. The summed E-state index contributed by atoms with van der Waals surface area (Å²) in [7, 11) is 0. The Kier molecular flexibility index (Phi) is 6.97. The van der Waals surface area contributed by atoms with Gasteiger partial charge in [-0.25, -0.2) is 0 Å². The molecule has 0 saturated carbocycles. The van der Waals surface area contributed by atoms with E-state index in [-0.39, 0.29) is 0 Å². The molecule has 54 heavy (non-hydrogen) atoms. The fourth-order valence-electron chi connectivity index (χ4n) is 8.96. The Morgan fingerprint density at radius 1 is 0.185 bits per heavy atom. The van der Waals surface area contributed by atoms with E-state index in [2.05, 4.69) is 206 Å². The number of rotatable bonds is 4. The molecule has 0 aromatic heterocycles. The maximum Gasteiger partial charge on any atom is -0.00199 e. The monoisotopic (exact) mass is 682 g/mol. The van der Waals surface area contributed by atoms with Crippen molar-refractivity contribution in [2.24, 2.45) is 0 Å². The molecule has 0 unspecified atom stereocenters. The summed E-state index contributed by atoms with van der Waals surface area (Å²) in [6.07, 6.45) is 0. The highest BCUT2D eigenvalue weighted by Crippen LogP contribution is 2.49. The van der Waals surface area contributed by atoms with Crippen molar-refractivity contribution in [1.29, 1.82) is 0 Å². The summed E-state index contributed by atoms with van der Waals surface area (Å²) in [5, 5.41) is 15.1. The quantitative estimate of drug-likeness (QED) is 0.128. The minimum absolute atomic E-state index is 1.21. The molecule has 0 aliphatic heterocycles. The first-order valence-corrected chi connectivity index (χ1v) is 18.8. The maximum absolute atomic E-state index is 2.44. The average molecular weight is 683 g/mol. The molecule has 0 amide bonds. The molecule has 0 saturated heterocycles. The second-order valence-electron chi connectivity index (χ2n) is 14.4. The van der Waals surface area contributed by atoms with Gasteiger partial charge in [-0.1, -0.05) is 188 Å². The third kappa shape index (κ3) is 4.78. The van der Waals surface area contributed by atoms with Crippen molar-refractivity contribution < 1.29 is 0 Å². The number of fused-ring (bicyclic) bond motifs is 7. The van der Waals surface area contributed by atoms with Gasteiger partial charge in [0.15, 0.2) is 0 Å². The lowest BCUT2D eigenvalue weighted by Gasteiger charge is -2.22. The smallest absolute Gasteiger partial charge is 0.00199 e. The highest BCUT2D eigenvalue weighted by atomic mass is 14.2. The van der Waals surface area contributed by atoms with Crippen molar-refractivity contribution >= 4 is 64.6 Å². The highest BCUT2D eigenvalue weighted by Gasteiger charge is 2.21. The number of hydrogen-bond donors (Lipinski definition) is 0. The van der Waals surface area contributed by atoms with Gasteiger partial charge in [0.2, 0.25) is 0 Å². The van der Waals surface area contributed by atoms with Gasteiger partial charge in [-0.15, -0.1) is 0 Å². The molecular weight excluding hydrogens is 649 g/mol. The molecule has 11 aromatic rings. The Balaban J connectivity index is 1.27. The van der Waals surface area contributed by atoms with E-state index in [1.807, 2.05) is 0 Å². The van der Waals surface area contributed by atoms with Crippen LogP contribution < -0.4 is 0 Å². The van der Waals surface area contributed by atoms with Crippen LogP contribution in [0.4, 0.5) is 0 Å². The van der Waals surface area contributed by atoms with Crippen LogP contribution in [0.15, 0.2) is 206 Å². The Morgan fingerprint density at radius 3 is 1.48 bits per heavy atom. The van der Waals surface area contributed by atoms with Crippen molar-refractivity contribution in [2.45, 2.75) is 0 Å². The topological polar surface area (TPSA) is 0 Å². The van der Waals surface area contributed by atoms with Crippen LogP contribution >= 0.6 is 0 Å². The Bertz CT molecular complexity index is 3270. The van der Waals surface area contributed by atoms with Gasteiger partial charge in [-0.05, 0) is 127 Å². The van der Waals surface area contributed by atoms with E-state index in [0.717, 1.165) is 0 Å². The van der Waals surface area contributed by atoms with Crippen LogP contribution in [-0.4, -0.2) is 0 Å². The Morgan fingerprint density at radius 2 is 0.685 bits per heavy atom. The van der Waals surface area contributed by atoms with E-state index < -0.39 is 0 Å². The van der Waals surface area contributed by atoms with Gasteiger partial charge in [0.25, 0.3) is 0 Å². The van der Waals surface area contributed by atoms with Gasteiger partial charge in [0.05, 0.1) is 0 Å². The lowest BCUT2D eigenvalue weighted by atomic mass is 9.81. The largest absolute Gasteiger partial charge is 0.0616 e. The molecule has 250 valence electrons. The molecule has 0 N–H and O–H groups in total. The van der Waals surface area contributed by atoms with Crippen LogP contribution in [0.25, 0.3) is 109 Å². The van der Waals surface area contributed by atoms with Crippen LogP contribution in [0.1, 0.15) is 0 Å². The molecule has 0 atom stereocenters. The minimum Gasteiger partial charge on any atom is -0.0616 e. The first kappa shape index (κ1) is 30.6. The molecule has 11 rings (SSSR count). The highest BCUT2D eigenvalue weighted by molar-refractivity contribution is 6.25. The molecule has 11 aromatic carbocycles. The molecule has 0 aliphatic carbocycles. The Labute approximate surface area is 314 Å².